The molecule has 0 aliphatic heterocycles. The molecule has 20 heavy (non-hydrogen) atoms. The van der Waals surface area contributed by atoms with Crippen LogP contribution in [0.1, 0.15) is 35.7 Å². The van der Waals surface area contributed by atoms with Crippen LogP contribution in [0, 0.1) is 11.8 Å². The predicted molar refractivity (Wildman–Crippen MR) is 75.8 cm³/mol. The molecule has 1 aromatic carbocycles. The number of nitrogens with one attached hydrogen (secondary N) is 1. The molecular formula is C15H18N2O3. The third-order valence-electron chi connectivity index (χ3n) is 2.50. The summed E-state index contributed by atoms with van der Waals surface area (Å²) in [4.78, 5) is 22.6. The summed E-state index contributed by atoms with van der Waals surface area (Å²) in [5, 5.41) is 11.3. The number of carbonyl (C=O) groups excluding carboxylic acids is 2. The summed E-state index contributed by atoms with van der Waals surface area (Å²) in [6, 6.07) is 6.49. The minimum atomic E-state index is -0.452. The molecule has 1 rings (SSSR count). The van der Waals surface area contributed by atoms with Gasteiger partial charge in [-0.15, -0.1) is 0 Å². The summed E-state index contributed by atoms with van der Waals surface area (Å²) in [5.41, 5.74) is 6.33. The third-order valence-corrected chi connectivity index (χ3v) is 2.50. The van der Waals surface area contributed by atoms with E-state index in [2.05, 4.69) is 17.2 Å². The van der Waals surface area contributed by atoms with E-state index in [0.29, 0.717) is 12.0 Å². The molecule has 0 aromatic heterocycles. The van der Waals surface area contributed by atoms with E-state index in [9.17, 15) is 9.59 Å². The largest absolute Gasteiger partial charge is 0.395 e. The smallest absolute Gasteiger partial charge is 0.251 e. The van der Waals surface area contributed by atoms with E-state index >= 15 is 0 Å². The lowest BCUT2D eigenvalue weighted by Crippen LogP contribution is -2.35. The Morgan fingerprint density at radius 2 is 2.00 bits per heavy atom. The van der Waals surface area contributed by atoms with E-state index < -0.39 is 5.91 Å². The lowest BCUT2D eigenvalue weighted by molar-refractivity contribution is -0.118. The molecule has 0 bridgehead atoms. The molecule has 0 spiro atoms. The first-order valence-electron chi connectivity index (χ1n) is 6.32. The maximum absolute atomic E-state index is 11.9. The monoisotopic (exact) mass is 274 g/mol. The highest BCUT2D eigenvalue weighted by Gasteiger charge is 2.11. The second kappa shape index (κ2) is 7.97. The molecule has 1 aromatic rings. The number of benzene rings is 1. The Bertz CT molecular complexity index is 526. The standard InChI is InChI=1S/C15H18N2O3/c1-11(10-14(16)19)17-15(20)13-7-5-12(6-8-13)4-2-3-9-18/h5-8,11,18H,3,9-10H2,1H3,(H2,16,19)(H,17,20). The van der Waals surface area contributed by atoms with Crippen LogP contribution in [0.3, 0.4) is 0 Å². The van der Waals surface area contributed by atoms with Gasteiger partial charge in [0.15, 0.2) is 0 Å². The van der Waals surface area contributed by atoms with Crippen LogP contribution in [0.15, 0.2) is 24.3 Å². The van der Waals surface area contributed by atoms with Gasteiger partial charge in [0.25, 0.3) is 5.91 Å². The van der Waals surface area contributed by atoms with Gasteiger partial charge in [-0.25, -0.2) is 0 Å². The van der Waals surface area contributed by atoms with Gasteiger partial charge in [0, 0.05) is 30.0 Å². The van der Waals surface area contributed by atoms with Crippen LogP contribution >= 0.6 is 0 Å². The fourth-order valence-corrected chi connectivity index (χ4v) is 1.59. The molecular weight excluding hydrogens is 256 g/mol. The zero-order chi connectivity index (χ0) is 15.0. The quantitative estimate of drug-likeness (QED) is 0.679. The molecule has 5 heteroatoms. The summed E-state index contributed by atoms with van der Waals surface area (Å²) in [7, 11) is 0. The van der Waals surface area contributed by atoms with Crippen LogP contribution in [-0.4, -0.2) is 29.6 Å². The van der Waals surface area contributed by atoms with Crippen LogP contribution in [0.2, 0.25) is 0 Å². The highest BCUT2D eigenvalue weighted by atomic mass is 16.2. The molecule has 0 radical (unpaired) electrons. The molecule has 2 amide bonds. The molecule has 0 saturated heterocycles. The van der Waals surface area contributed by atoms with Crippen LogP contribution in [-0.2, 0) is 4.79 Å². The summed E-state index contributed by atoms with van der Waals surface area (Å²) in [5.74, 6) is 4.97. The fourth-order valence-electron chi connectivity index (χ4n) is 1.59. The molecule has 1 unspecified atom stereocenters. The van der Waals surface area contributed by atoms with Crippen molar-refractivity contribution in [1.82, 2.24) is 5.32 Å². The third kappa shape index (κ3) is 5.55. The van der Waals surface area contributed by atoms with Gasteiger partial charge in [0.2, 0.25) is 5.91 Å². The number of hydrogen-bond donors (Lipinski definition) is 3. The molecule has 0 saturated carbocycles. The van der Waals surface area contributed by atoms with Gasteiger partial charge in [-0.05, 0) is 31.2 Å². The van der Waals surface area contributed by atoms with Crippen molar-refractivity contribution in [2.75, 3.05) is 6.61 Å². The van der Waals surface area contributed by atoms with Crippen molar-refractivity contribution in [1.29, 1.82) is 0 Å². The normalized spacial score (nSPS) is 11.1. The number of primary amides is 1. The van der Waals surface area contributed by atoms with Crippen molar-refractivity contribution in [2.45, 2.75) is 25.8 Å². The lowest BCUT2D eigenvalue weighted by Gasteiger charge is -2.11. The molecule has 0 aliphatic carbocycles. The number of carbonyl (C=O) groups is 2. The Kier molecular flexibility index (Phi) is 6.27. The first-order valence-corrected chi connectivity index (χ1v) is 6.32. The summed E-state index contributed by atoms with van der Waals surface area (Å²) >= 11 is 0. The molecule has 4 N–H and O–H groups in total. The van der Waals surface area contributed by atoms with E-state index in [0.717, 1.165) is 5.56 Å². The minimum absolute atomic E-state index is 0.0330. The Hall–Kier alpha value is -2.32. The maximum Gasteiger partial charge on any atom is 0.251 e. The average molecular weight is 274 g/mol. The van der Waals surface area contributed by atoms with Crippen molar-refractivity contribution < 1.29 is 14.7 Å². The SMILES string of the molecule is CC(CC(N)=O)NC(=O)c1ccc(C#CCCO)cc1. The second-order valence-corrected chi connectivity index (χ2v) is 4.40. The van der Waals surface area contributed by atoms with Gasteiger partial charge in [-0.2, -0.15) is 0 Å². The van der Waals surface area contributed by atoms with Gasteiger partial charge in [-0.1, -0.05) is 11.8 Å². The van der Waals surface area contributed by atoms with Gasteiger partial charge < -0.3 is 16.2 Å². The number of aliphatic hydroxyl groups is 1. The minimum Gasteiger partial charge on any atom is -0.395 e. The Morgan fingerprint density at radius 1 is 1.35 bits per heavy atom. The molecule has 0 fully saturated rings. The fraction of sp³-hybridized carbons (Fsp3) is 0.333. The topological polar surface area (TPSA) is 92.4 Å². The molecule has 5 nitrogen and oxygen atoms in total. The van der Waals surface area contributed by atoms with E-state index in [1.807, 2.05) is 0 Å². The Balaban J connectivity index is 2.62. The summed E-state index contributed by atoms with van der Waals surface area (Å²) in [6.07, 6.45) is 0.531. The van der Waals surface area contributed by atoms with Crippen molar-refractivity contribution >= 4 is 11.8 Å². The van der Waals surface area contributed by atoms with E-state index in [1.165, 1.54) is 0 Å². The van der Waals surface area contributed by atoms with Crippen molar-refractivity contribution in [3.63, 3.8) is 0 Å². The molecule has 0 heterocycles. The Labute approximate surface area is 118 Å². The summed E-state index contributed by atoms with van der Waals surface area (Å²) < 4.78 is 0. The summed E-state index contributed by atoms with van der Waals surface area (Å²) in [6.45, 7) is 1.75. The van der Waals surface area contributed by atoms with E-state index in [1.54, 1.807) is 31.2 Å². The van der Waals surface area contributed by atoms with Gasteiger partial charge >= 0.3 is 0 Å². The van der Waals surface area contributed by atoms with Crippen LogP contribution in [0.4, 0.5) is 0 Å². The highest BCUT2D eigenvalue weighted by Crippen LogP contribution is 2.04. The van der Waals surface area contributed by atoms with Crippen molar-refractivity contribution in [3.8, 4) is 11.8 Å². The first-order chi connectivity index (χ1) is 9.52. The molecule has 106 valence electrons. The first kappa shape index (κ1) is 15.7. The van der Waals surface area contributed by atoms with E-state index in [4.69, 9.17) is 10.8 Å². The van der Waals surface area contributed by atoms with Gasteiger partial charge in [0.1, 0.15) is 0 Å². The number of rotatable bonds is 5. The van der Waals surface area contributed by atoms with Gasteiger partial charge in [0.05, 0.1) is 6.61 Å². The molecule has 1 atom stereocenters. The van der Waals surface area contributed by atoms with Crippen LogP contribution in [0.25, 0.3) is 0 Å². The van der Waals surface area contributed by atoms with Crippen LogP contribution in [0.5, 0.6) is 0 Å². The number of nitrogens with two attached hydrogens (primary N) is 1. The second-order valence-electron chi connectivity index (χ2n) is 4.40. The van der Waals surface area contributed by atoms with Gasteiger partial charge in [-0.3, -0.25) is 9.59 Å². The average Bonchev–Trinajstić information content (AvgIpc) is 2.38. The number of aliphatic hydroxyl groups excluding tert-OH is 1. The van der Waals surface area contributed by atoms with Crippen LogP contribution < -0.4 is 11.1 Å². The van der Waals surface area contributed by atoms with Crippen molar-refractivity contribution in [2.24, 2.45) is 5.73 Å². The van der Waals surface area contributed by atoms with Crippen molar-refractivity contribution in [3.05, 3.63) is 35.4 Å². The molecule has 0 aliphatic rings. The number of amides is 2. The van der Waals surface area contributed by atoms with E-state index in [-0.39, 0.29) is 25.0 Å². The predicted octanol–water partition coefficient (Wildman–Crippen LogP) is 0.414. The zero-order valence-electron chi connectivity index (χ0n) is 11.3. The number of hydrogen-bond acceptors (Lipinski definition) is 3. The lowest BCUT2D eigenvalue weighted by atomic mass is 10.1. The highest BCUT2D eigenvalue weighted by molar-refractivity contribution is 5.94. The maximum atomic E-state index is 11.9. The zero-order valence-corrected chi connectivity index (χ0v) is 11.3. The Morgan fingerprint density at radius 3 is 2.55 bits per heavy atom.